The molecule has 0 amide bonds. The number of ketones is 1. The van der Waals surface area contributed by atoms with Gasteiger partial charge in [-0.05, 0) is 25.5 Å². The third-order valence-corrected chi connectivity index (χ3v) is 1.78. The van der Waals surface area contributed by atoms with E-state index in [1.165, 1.54) is 6.92 Å². The van der Waals surface area contributed by atoms with Gasteiger partial charge in [-0.15, -0.1) is 0 Å². The first-order chi connectivity index (χ1) is 5.52. The molecule has 0 atom stereocenters. The van der Waals surface area contributed by atoms with E-state index in [1.54, 1.807) is 13.0 Å². The molecule has 0 unspecified atom stereocenters. The average molecular weight is 165 g/mol. The van der Waals surface area contributed by atoms with Crippen LogP contribution in [0.25, 0.3) is 0 Å². The van der Waals surface area contributed by atoms with E-state index in [0.29, 0.717) is 0 Å². The molecule has 0 saturated heterocycles. The first-order valence-corrected chi connectivity index (χ1v) is 3.70. The van der Waals surface area contributed by atoms with Crippen LogP contribution in [-0.2, 0) is 0 Å². The number of aromatic hydroxyl groups is 1. The molecule has 1 heterocycles. The van der Waals surface area contributed by atoms with Gasteiger partial charge in [-0.1, -0.05) is 0 Å². The van der Waals surface area contributed by atoms with Gasteiger partial charge >= 0.3 is 0 Å². The summed E-state index contributed by atoms with van der Waals surface area (Å²) in [7, 11) is 0. The Morgan fingerprint density at radius 2 is 2.08 bits per heavy atom. The molecule has 1 aromatic heterocycles. The Kier molecular flexibility index (Phi) is 2.13. The molecule has 1 aromatic rings. The van der Waals surface area contributed by atoms with Crippen molar-refractivity contribution in [1.82, 2.24) is 4.98 Å². The van der Waals surface area contributed by atoms with Gasteiger partial charge in [0.2, 0.25) is 0 Å². The van der Waals surface area contributed by atoms with E-state index in [9.17, 15) is 9.90 Å². The summed E-state index contributed by atoms with van der Waals surface area (Å²) in [6, 6.07) is 1.55. The average Bonchev–Trinajstić information content (AvgIpc) is 1.96. The maximum absolute atomic E-state index is 10.9. The lowest BCUT2D eigenvalue weighted by molar-refractivity contribution is 0.101. The molecule has 0 aromatic carbocycles. The van der Waals surface area contributed by atoms with Gasteiger partial charge in [0.15, 0.2) is 5.78 Å². The molecule has 0 radical (unpaired) electrons. The molecule has 0 aliphatic carbocycles. The molecule has 1 N–H and O–H groups in total. The Hall–Kier alpha value is -1.38. The monoisotopic (exact) mass is 165 g/mol. The fourth-order valence-electron chi connectivity index (χ4n) is 0.950. The third-order valence-electron chi connectivity index (χ3n) is 1.78. The van der Waals surface area contributed by atoms with E-state index in [-0.39, 0.29) is 17.2 Å². The summed E-state index contributed by atoms with van der Waals surface area (Å²) in [5.41, 5.74) is 1.81. The highest BCUT2D eigenvalue weighted by atomic mass is 16.3. The topological polar surface area (TPSA) is 50.2 Å². The number of Topliss-reactive ketones (excluding diaryl/α,β-unsaturated/α-hetero) is 1. The molecule has 0 bridgehead atoms. The van der Waals surface area contributed by atoms with Crippen molar-refractivity contribution in [2.24, 2.45) is 0 Å². The lowest BCUT2D eigenvalue weighted by atomic mass is 10.1. The predicted molar refractivity (Wildman–Crippen MR) is 45.4 cm³/mol. The first-order valence-electron chi connectivity index (χ1n) is 3.70. The molecular weight excluding hydrogens is 154 g/mol. The van der Waals surface area contributed by atoms with Crippen molar-refractivity contribution in [2.75, 3.05) is 0 Å². The quantitative estimate of drug-likeness (QED) is 0.643. The van der Waals surface area contributed by atoms with Gasteiger partial charge in [0.05, 0.1) is 0 Å². The van der Waals surface area contributed by atoms with Gasteiger partial charge < -0.3 is 5.11 Å². The molecule has 0 saturated carbocycles. The number of aromatic nitrogens is 1. The standard InChI is InChI=1S/C9H11NO2/c1-5-4-8(12)9(7(3)11)10-6(5)2/h4,12H,1-3H3. The predicted octanol–water partition coefficient (Wildman–Crippen LogP) is 1.61. The number of nitrogens with zero attached hydrogens (tertiary/aromatic N) is 1. The summed E-state index contributed by atoms with van der Waals surface area (Å²) < 4.78 is 0. The molecule has 0 aliphatic rings. The van der Waals surface area contributed by atoms with Crippen molar-refractivity contribution in [3.8, 4) is 5.75 Å². The molecule has 0 spiro atoms. The number of carbonyl (C=O) groups excluding carboxylic acids is 1. The summed E-state index contributed by atoms with van der Waals surface area (Å²) >= 11 is 0. The number of pyridine rings is 1. The smallest absolute Gasteiger partial charge is 0.181 e. The van der Waals surface area contributed by atoms with Gasteiger partial charge in [-0.3, -0.25) is 4.79 Å². The van der Waals surface area contributed by atoms with Crippen LogP contribution in [0.5, 0.6) is 5.75 Å². The second kappa shape index (κ2) is 2.93. The molecular formula is C9H11NO2. The van der Waals surface area contributed by atoms with Crippen LogP contribution in [0.2, 0.25) is 0 Å². The van der Waals surface area contributed by atoms with Gasteiger partial charge in [0.25, 0.3) is 0 Å². The van der Waals surface area contributed by atoms with Gasteiger partial charge in [-0.25, -0.2) is 4.98 Å². The zero-order chi connectivity index (χ0) is 9.30. The van der Waals surface area contributed by atoms with E-state index in [0.717, 1.165) is 11.3 Å². The minimum Gasteiger partial charge on any atom is -0.506 e. The number of carbonyl (C=O) groups is 1. The molecule has 0 aliphatic heterocycles. The van der Waals surface area contributed by atoms with Crippen LogP contribution < -0.4 is 0 Å². The van der Waals surface area contributed by atoms with Crippen LogP contribution in [0.1, 0.15) is 28.7 Å². The molecule has 1 rings (SSSR count). The molecule has 12 heavy (non-hydrogen) atoms. The maximum atomic E-state index is 10.9. The zero-order valence-electron chi connectivity index (χ0n) is 7.38. The minimum atomic E-state index is -0.212. The Balaban J connectivity index is 3.33. The normalized spacial score (nSPS) is 9.92. The molecule has 64 valence electrons. The Bertz CT molecular complexity index is 332. The van der Waals surface area contributed by atoms with E-state index in [2.05, 4.69) is 4.98 Å². The second-order valence-corrected chi connectivity index (χ2v) is 2.81. The lowest BCUT2D eigenvalue weighted by Crippen LogP contribution is -2.00. The molecule has 3 heteroatoms. The highest BCUT2D eigenvalue weighted by Crippen LogP contribution is 2.18. The zero-order valence-corrected chi connectivity index (χ0v) is 7.38. The summed E-state index contributed by atoms with van der Waals surface area (Å²) in [5.74, 6) is -0.249. The van der Waals surface area contributed by atoms with Crippen LogP contribution in [0.3, 0.4) is 0 Å². The summed E-state index contributed by atoms with van der Waals surface area (Å²) in [6.07, 6.45) is 0. The first kappa shape index (κ1) is 8.71. The van der Waals surface area contributed by atoms with E-state index < -0.39 is 0 Å². The summed E-state index contributed by atoms with van der Waals surface area (Å²) in [5, 5.41) is 9.30. The van der Waals surface area contributed by atoms with Crippen molar-refractivity contribution in [3.63, 3.8) is 0 Å². The Morgan fingerprint density at radius 1 is 1.50 bits per heavy atom. The van der Waals surface area contributed by atoms with Crippen LogP contribution in [0.15, 0.2) is 6.07 Å². The number of rotatable bonds is 1. The highest BCUT2D eigenvalue weighted by molar-refractivity contribution is 5.94. The fourth-order valence-corrected chi connectivity index (χ4v) is 0.950. The van der Waals surface area contributed by atoms with Gasteiger partial charge in [0.1, 0.15) is 11.4 Å². The third kappa shape index (κ3) is 1.44. The summed E-state index contributed by atoms with van der Waals surface area (Å²) in [6.45, 7) is 5.03. The maximum Gasteiger partial charge on any atom is 0.181 e. The van der Waals surface area contributed by atoms with Crippen LogP contribution in [0.4, 0.5) is 0 Å². The lowest BCUT2D eigenvalue weighted by Gasteiger charge is -2.03. The number of hydrogen-bond acceptors (Lipinski definition) is 3. The Labute approximate surface area is 71.1 Å². The molecule has 3 nitrogen and oxygen atoms in total. The highest BCUT2D eigenvalue weighted by Gasteiger charge is 2.09. The number of hydrogen-bond donors (Lipinski definition) is 1. The van der Waals surface area contributed by atoms with Crippen LogP contribution >= 0.6 is 0 Å². The minimum absolute atomic E-state index is 0.0365. The van der Waals surface area contributed by atoms with Gasteiger partial charge in [-0.2, -0.15) is 0 Å². The SMILES string of the molecule is CC(=O)c1nc(C)c(C)cc1O. The van der Waals surface area contributed by atoms with Crippen molar-refractivity contribution in [2.45, 2.75) is 20.8 Å². The van der Waals surface area contributed by atoms with Crippen molar-refractivity contribution < 1.29 is 9.90 Å². The van der Waals surface area contributed by atoms with Gasteiger partial charge in [0, 0.05) is 12.6 Å². The fraction of sp³-hybridized carbons (Fsp3) is 0.333. The van der Waals surface area contributed by atoms with Crippen molar-refractivity contribution >= 4 is 5.78 Å². The molecule has 0 fully saturated rings. The number of aryl methyl sites for hydroxylation is 2. The summed E-state index contributed by atoms with van der Waals surface area (Å²) in [4.78, 5) is 14.9. The van der Waals surface area contributed by atoms with E-state index in [1.807, 2.05) is 6.92 Å². The van der Waals surface area contributed by atoms with E-state index in [4.69, 9.17) is 0 Å². The van der Waals surface area contributed by atoms with Crippen LogP contribution in [-0.4, -0.2) is 15.9 Å². The van der Waals surface area contributed by atoms with E-state index >= 15 is 0 Å². The second-order valence-electron chi connectivity index (χ2n) is 2.81. The Morgan fingerprint density at radius 3 is 2.58 bits per heavy atom. The van der Waals surface area contributed by atoms with Crippen LogP contribution in [0, 0.1) is 13.8 Å². The van der Waals surface area contributed by atoms with Crippen molar-refractivity contribution in [3.05, 3.63) is 23.0 Å². The largest absolute Gasteiger partial charge is 0.506 e. The van der Waals surface area contributed by atoms with Crippen molar-refractivity contribution in [1.29, 1.82) is 0 Å².